The smallest absolute Gasteiger partial charge is 0.132 e. The molecule has 8 heteroatoms. The van der Waals surface area contributed by atoms with Gasteiger partial charge in [-0.3, -0.25) is 0 Å². The molecule has 3 aliphatic rings. The molecule has 3 saturated heterocycles. The van der Waals surface area contributed by atoms with Crippen LogP contribution < -0.4 is 14.2 Å². The topological polar surface area (TPSA) is 65.3 Å². The number of aryl methyl sites for hydroxylation is 2. The summed E-state index contributed by atoms with van der Waals surface area (Å²) in [7, 11) is 0. The molecule has 0 spiro atoms. The van der Waals surface area contributed by atoms with E-state index in [-0.39, 0.29) is 23.9 Å². The first-order chi connectivity index (χ1) is 19.6. The van der Waals surface area contributed by atoms with Gasteiger partial charge in [-0.1, -0.05) is 24.4 Å². The second-order valence-corrected chi connectivity index (χ2v) is 14.7. The van der Waals surface area contributed by atoms with Gasteiger partial charge in [0.2, 0.25) is 0 Å². The van der Waals surface area contributed by atoms with E-state index in [4.69, 9.17) is 28.4 Å². The van der Waals surface area contributed by atoms with E-state index >= 15 is 0 Å². The number of hydrogen-bond donors (Lipinski definition) is 0. The van der Waals surface area contributed by atoms with Gasteiger partial charge < -0.3 is 28.4 Å². The minimum Gasteiger partial charge on any atom is -0.485 e. The summed E-state index contributed by atoms with van der Waals surface area (Å²) >= 11 is 6.23. The molecule has 0 radical (unpaired) electrons. The lowest BCUT2D eigenvalue weighted by atomic mass is 9.96. The maximum absolute atomic E-state index is 6.57. The number of ether oxygens (including phenoxy) is 6. The average Bonchev–Trinajstić information content (AvgIpc) is 3.72. The van der Waals surface area contributed by atoms with Crippen molar-refractivity contribution < 1.29 is 28.4 Å². The third-order valence-corrected chi connectivity index (χ3v) is 8.25. The Hall–Kier alpha value is -1.72. The van der Waals surface area contributed by atoms with E-state index in [2.05, 4.69) is 106 Å². The van der Waals surface area contributed by atoms with Crippen LogP contribution in [0.5, 0.6) is 17.2 Å². The molecule has 6 nitrogen and oxygen atoms in total. The zero-order valence-corrected chi connectivity index (χ0v) is 29.5. The predicted molar refractivity (Wildman–Crippen MR) is 182 cm³/mol. The summed E-state index contributed by atoms with van der Waals surface area (Å²) in [5.74, 6) is 2.49. The van der Waals surface area contributed by atoms with E-state index in [0.29, 0.717) is 0 Å². The van der Waals surface area contributed by atoms with E-state index in [1.54, 1.807) is 3.37 Å². The third kappa shape index (κ3) is 8.05. The standard InChI is InChI=1S/C33H44O6.CHIS/c1-19-13-23(37-31(5,6)28-16-34-28)14-20(2)24(19)11-12-25-21(3)26(38-32(7,8)29-17-35-29)15-27(22(25)4)39-33(9,10)30-18-36-30;2-1-3/h11-15,28-30H,16-18H2,1-10H3;1H/b12-11-;. The van der Waals surface area contributed by atoms with Crippen molar-refractivity contribution in [3.63, 3.8) is 0 Å². The van der Waals surface area contributed by atoms with Crippen LogP contribution in [0.1, 0.15) is 74.9 Å². The molecule has 2 aromatic carbocycles. The summed E-state index contributed by atoms with van der Waals surface area (Å²) in [4.78, 5) is 0. The quantitative estimate of drug-likeness (QED) is 0.0768. The van der Waals surface area contributed by atoms with Crippen molar-refractivity contribution in [3.05, 3.63) is 51.6 Å². The highest BCUT2D eigenvalue weighted by Crippen LogP contribution is 2.41. The largest absolute Gasteiger partial charge is 0.485 e. The molecule has 3 aliphatic heterocycles. The highest BCUT2D eigenvalue weighted by atomic mass is 127. The Balaban J connectivity index is 0.00000129. The van der Waals surface area contributed by atoms with Gasteiger partial charge in [0.05, 0.1) is 19.8 Å². The number of halogens is 1. The zero-order valence-electron chi connectivity index (χ0n) is 26.6. The number of thiocarbonyl (C=S) groups is 1. The molecule has 2 aromatic rings. The van der Waals surface area contributed by atoms with Crippen LogP contribution in [0.2, 0.25) is 0 Å². The Morgan fingerprint density at radius 2 is 1.00 bits per heavy atom. The van der Waals surface area contributed by atoms with Crippen LogP contribution >= 0.6 is 34.8 Å². The highest BCUT2D eigenvalue weighted by Gasteiger charge is 2.44. The minimum absolute atomic E-state index is 0.0976. The van der Waals surface area contributed by atoms with Gasteiger partial charge in [-0.15, -0.1) is 0 Å². The summed E-state index contributed by atoms with van der Waals surface area (Å²) < 4.78 is 37.6. The lowest BCUT2D eigenvalue weighted by molar-refractivity contribution is 0.0657. The Morgan fingerprint density at radius 3 is 1.36 bits per heavy atom. The molecule has 0 aliphatic carbocycles. The fourth-order valence-corrected chi connectivity index (χ4v) is 5.18. The molecule has 0 saturated carbocycles. The van der Waals surface area contributed by atoms with Crippen molar-refractivity contribution in [2.24, 2.45) is 0 Å². The van der Waals surface area contributed by atoms with Crippen molar-refractivity contribution >= 4 is 50.3 Å². The molecule has 0 bridgehead atoms. The maximum atomic E-state index is 6.57. The van der Waals surface area contributed by atoms with E-state index in [1.807, 2.05) is 28.7 Å². The molecule has 42 heavy (non-hydrogen) atoms. The van der Waals surface area contributed by atoms with Crippen LogP contribution in [0.15, 0.2) is 18.2 Å². The Bertz CT molecular complexity index is 1260. The number of benzene rings is 2. The summed E-state index contributed by atoms with van der Waals surface area (Å²) in [5.41, 5.74) is 5.52. The van der Waals surface area contributed by atoms with Crippen molar-refractivity contribution in [3.8, 4) is 17.2 Å². The van der Waals surface area contributed by atoms with Crippen LogP contribution in [-0.2, 0) is 14.2 Å². The van der Waals surface area contributed by atoms with E-state index in [1.165, 1.54) is 5.56 Å². The number of rotatable bonds is 11. The van der Waals surface area contributed by atoms with Gasteiger partial charge in [-0.25, -0.2) is 0 Å². The van der Waals surface area contributed by atoms with Gasteiger partial charge in [0.1, 0.15) is 52.4 Å². The van der Waals surface area contributed by atoms with Gasteiger partial charge >= 0.3 is 0 Å². The molecule has 5 rings (SSSR count). The van der Waals surface area contributed by atoms with Gasteiger partial charge in [0.15, 0.2) is 0 Å². The molecule has 3 atom stereocenters. The van der Waals surface area contributed by atoms with Crippen molar-refractivity contribution in [2.75, 3.05) is 19.8 Å². The molecule has 0 aromatic heterocycles. The van der Waals surface area contributed by atoms with Crippen molar-refractivity contribution in [1.29, 1.82) is 0 Å². The molecule has 3 unspecified atom stereocenters. The van der Waals surface area contributed by atoms with E-state index in [9.17, 15) is 0 Å². The van der Waals surface area contributed by atoms with Gasteiger partial charge in [0.25, 0.3) is 0 Å². The van der Waals surface area contributed by atoms with Crippen molar-refractivity contribution in [1.82, 2.24) is 0 Å². The van der Waals surface area contributed by atoms with Crippen LogP contribution in [0.3, 0.4) is 0 Å². The fraction of sp³-hybridized carbons (Fsp3) is 0.559. The Labute approximate surface area is 270 Å². The monoisotopic (exact) mass is 708 g/mol. The first-order valence-corrected chi connectivity index (χ1v) is 16.2. The zero-order chi connectivity index (χ0) is 31.0. The molecular formula is C34H45IO6S. The van der Waals surface area contributed by atoms with E-state index < -0.39 is 11.2 Å². The van der Waals surface area contributed by atoms with Crippen LogP contribution in [0.4, 0.5) is 0 Å². The highest BCUT2D eigenvalue weighted by molar-refractivity contribution is 14.1. The van der Waals surface area contributed by atoms with Crippen molar-refractivity contribution in [2.45, 2.75) is 104 Å². The lowest BCUT2D eigenvalue weighted by Gasteiger charge is -2.30. The molecule has 0 amide bonds. The van der Waals surface area contributed by atoms with Gasteiger partial charge in [0, 0.05) is 9.44 Å². The Kier molecular flexibility index (Phi) is 10.0. The number of epoxide rings is 3. The SMILES string of the molecule is Cc1cc(OC(C)(C)C2CO2)cc(C)c1/C=C\c1c(C)c(OC(C)(C)C2CO2)cc(OC(C)(C)C2CO2)c1C.S=CI. The third-order valence-electron chi connectivity index (χ3n) is 8.25. The second-order valence-electron chi connectivity index (χ2n) is 13.0. The second kappa shape index (κ2) is 12.7. The summed E-state index contributed by atoms with van der Waals surface area (Å²) in [6, 6.07) is 6.26. The Morgan fingerprint density at radius 1 is 0.667 bits per heavy atom. The van der Waals surface area contributed by atoms with Gasteiger partial charge in [-0.2, -0.15) is 0 Å². The molecule has 3 heterocycles. The van der Waals surface area contributed by atoms with Crippen LogP contribution in [-0.4, -0.2) is 58.3 Å². The van der Waals surface area contributed by atoms with E-state index in [0.717, 1.165) is 64.9 Å². The lowest BCUT2D eigenvalue weighted by Crippen LogP contribution is -2.36. The minimum atomic E-state index is -0.435. The summed E-state index contributed by atoms with van der Waals surface area (Å²) in [5, 5.41) is 0. The van der Waals surface area contributed by atoms with Crippen LogP contribution in [0.25, 0.3) is 12.2 Å². The first-order valence-electron chi connectivity index (χ1n) is 14.5. The normalized spacial score (nSPS) is 21.4. The molecule has 0 N–H and O–H groups in total. The first kappa shape index (κ1) is 33.2. The van der Waals surface area contributed by atoms with Gasteiger partial charge in [-0.05, 0) is 137 Å². The maximum Gasteiger partial charge on any atom is 0.132 e. The molecule has 230 valence electrons. The fourth-order valence-electron chi connectivity index (χ4n) is 5.18. The molecular weight excluding hydrogens is 663 g/mol. The summed E-state index contributed by atoms with van der Waals surface area (Å²) in [6.45, 7) is 23.2. The predicted octanol–water partition coefficient (Wildman–Crippen LogP) is 8.14. The van der Waals surface area contributed by atoms with Crippen LogP contribution in [0, 0.1) is 27.7 Å². The summed E-state index contributed by atoms with van der Waals surface area (Å²) in [6.07, 6.45) is 4.73. The molecule has 3 fully saturated rings. The number of hydrogen-bond acceptors (Lipinski definition) is 7. The average molecular weight is 709 g/mol.